The minimum atomic E-state index is -0.582. The molecule has 104 valence electrons. The molecule has 2 aromatic rings. The molecule has 0 spiro atoms. The summed E-state index contributed by atoms with van der Waals surface area (Å²) in [6.45, 7) is 0. The first kappa shape index (κ1) is 14.8. The Morgan fingerprint density at radius 2 is 1.75 bits per heavy atom. The molecule has 0 unspecified atom stereocenters. The molecule has 1 amide bonds. The van der Waals surface area contributed by atoms with Gasteiger partial charge >= 0.3 is 0 Å². The van der Waals surface area contributed by atoms with Crippen LogP contribution in [0, 0.1) is 0 Å². The van der Waals surface area contributed by atoms with Crippen LogP contribution in [-0.4, -0.2) is 11.0 Å². The fourth-order valence-electron chi connectivity index (χ4n) is 1.59. The Morgan fingerprint density at radius 3 is 2.35 bits per heavy atom. The molecule has 0 saturated carbocycles. The molecule has 0 heterocycles. The van der Waals surface area contributed by atoms with Crippen LogP contribution in [0.25, 0.3) is 0 Å². The van der Waals surface area contributed by atoms with Gasteiger partial charge in [-0.25, -0.2) is 0 Å². The van der Waals surface area contributed by atoms with Crippen LogP contribution in [0.3, 0.4) is 0 Å². The maximum absolute atomic E-state index is 12.1. The lowest BCUT2D eigenvalue weighted by atomic mass is 10.1. The molecule has 0 atom stereocenters. The van der Waals surface area contributed by atoms with Crippen molar-refractivity contribution in [3.8, 4) is 5.75 Å². The van der Waals surface area contributed by atoms with Crippen LogP contribution < -0.4 is 11.1 Å². The van der Waals surface area contributed by atoms with Crippen molar-refractivity contribution in [3.63, 3.8) is 0 Å². The van der Waals surface area contributed by atoms with E-state index < -0.39 is 5.91 Å². The van der Waals surface area contributed by atoms with E-state index in [1.165, 1.54) is 24.3 Å². The van der Waals surface area contributed by atoms with Crippen molar-refractivity contribution in [2.45, 2.75) is 0 Å². The zero-order valence-corrected chi connectivity index (χ0v) is 12.2. The number of halogens is 3. The fourth-order valence-corrected chi connectivity index (χ4v) is 2.50. The molecular formula is C13H9Cl3N2O2. The highest BCUT2D eigenvalue weighted by Gasteiger charge is 2.16. The zero-order chi connectivity index (χ0) is 14.9. The quantitative estimate of drug-likeness (QED) is 0.570. The molecule has 0 aromatic heterocycles. The summed E-state index contributed by atoms with van der Waals surface area (Å²) in [7, 11) is 0. The molecule has 2 rings (SSSR count). The molecular weight excluding hydrogens is 323 g/mol. The number of hydrogen-bond acceptors (Lipinski definition) is 3. The molecule has 0 aliphatic carbocycles. The molecule has 20 heavy (non-hydrogen) atoms. The molecule has 7 heteroatoms. The van der Waals surface area contributed by atoms with Crippen LogP contribution in [0.15, 0.2) is 30.3 Å². The van der Waals surface area contributed by atoms with Gasteiger partial charge in [0.05, 0.1) is 27.0 Å². The minimum absolute atomic E-state index is 0.0204. The first-order chi connectivity index (χ1) is 9.40. The summed E-state index contributed by atoms with van der Waals surface area (Å²) < 4.78 is 0. The third kappa shape index (κ3) is 2.93. The summed E-state index contributed by atoms with van der Waals surface area (Å²) in [5.41, 5.74) is 5.87. The number of carbonyl (C=O) groups excluding carboxylic acids is 1. The summed E-state index contributed by atoms with van der Waals surface area (Å²) in [4.78, 5) is 12.1. The van der Waals surface area contributed by atoms with Crippen molar-refractivity contribution in [1.29, 1.82) is 0 Å². The molecule has 4 nitrogen and oxygen atoms in total. The maximum Gasteiger partial charge on any atom is 0.259 e. The SMILES string of the molecule is Nc1cccc(C(=O)Nc2c(Cl)cc(Cl)cc2Cl)c1O. The average molecular weight is 332 g/mol. The lowest BCUT2D eigenvalue weighted by Gasteiger charge is -2.11. The average Bonchev–Trinajstić information content (AvgIpc) is 2.36. The molecule has 0 saturated heterocycles. The number of anilines is 2. The Bertz CT molecular complexity index is 666. The standard InChI is InChI=1S/C13H9Cl3N2O2/c14-6-4-8(15)11(9(16)5-6)18-13(20)7-2-1-3-10(17)12(7)19/h1-5,19H,17H2,(H,18,20). The van der Waals surface area contributed by atoms with E-state index in [1.54, 1.807) is 6.07 Å². The van der Waals surface area contributed by atoms with Gasteiger partial charge in [0.15, 0.2) is 5.75 Å². The Labute approximate surface area is 130 Å². The first-order valence-corrected chi connectivity index (χ1v) is 6.57. The van der Waals surface area contributed by atoms with Gasteiger partial charge in [0.2, 0.25) is 0 Å². The minimum Gasteiger partial charge on any atom is -0.505 e. The monoisotopic (exact) mass is 330 g/mol. The van der Waals surface area contributed by atoms with Crippen LogP contribution in [0.4, 0.5) is 11.4 Å². The van der Waals surface area contributed by atoms with Crippen molar-refractivity contribution in [2.75, 3.05) is 11.1 Å². The van der Waals surface area contributed by atoms with E-state index >= 15 is 0 Å². The van der Waals surface area contributed by atoms with Crippen molar-refractivity contribution in [3.05, 3.63) is 51.0 Å². The second kappa shape index (κ2) is 5.79. The number of benzene rings is 2. The van der Waals surface area contributed by atoms with Crippen molar-refractivity contribution < 1.29 is 9.90 Å². The summed E-state index contributed by atoms with van der Waals surface area (Å²) in [5, 5.41) is 13.0. The summed E-state index contributed by atoms with van der Waals surface area (Å²) >= 11 is 17.7. The van der Waals surface area contributed by atoms with Crippen LogP contribution in [0.5, 0.6) is 5.75 Å². The normalized spacial score (nSPS) is 10.3. The molecule has 0 fully saturated rings. The summed E-state index contributed by atoms with van der Waals surface area (Å²) in [6.07, 6.45) is 0. The number of hydrogen-bond donors (Lipinski definition) is 3. The molecule has 4 N–H and O–H groups in total. The van der Waals surface area contributed by atoms with E-state index in [-0.39, 0.29) is 32.7 Å². The van der Waals surface area contributed by atoms with Gasteiger partial charge in [-0.2, -0.15) is 0 Å². The Balaban J connectivity index is 2.36. The fraction of sp³-hybridized carbons (Fsp3) is 0. The predicted octanol–water partition coefficient (Wildman–Crippen LogP) is 4.19. The Kier molecular flexibility index (Phi) is 4.28. The van der Waals surface area contributed by atoms with E-state index in [0.29, 0.717) is 5.02 Å². The lowest BCUT2D eigenvalue weighted by Crippen LogP contribution is -2.13. The third-order valence-corrected chi connectivity index (χ3v) is 3.37. The predicted molar refractivity (Wildman–Crippen MR) is 81.9 cm³/mol. The zero-order valence-electron chi connectivity index (χ0n) is 9.95. The molecule has 0 bridgehead atoms. The van der Waals surface area contributed by atoms with Crippen LogP contribution >= 0.6 is 34.8 Å². The van der Waals surface area contributed by atoms with Crippen molar-refractivity contribution in [1.82, 2.24) is 0 Å². The number of nitrogen functional groups attached to an aromatic ring is 1. The van der Waals surface area contributed by atoms with E-state index in [1.807, 2.05) is 0 Å². The second-order valence-electron chi connectivity index (χ2n) is 3.94. The van der Waals surface area contributed by atoms with E-state index in [2.05, 4.69) is 5.32 Å². The van der Waals surface area contributed by atoms with E-state index in [9.17, 15) is 9.90 Å². The number of phenolic OH excluding ortho intramolecular Hbond substituents is 1. The van der Waals surface area contributed by atoms with Gasteiger partial charge in [-0.15, -0.1) is 0 Å². The number of para-hydroxylation sites is 1. The van der Waals surface area contributed by atoms with Crippen LogP contribution in [0.2, 0.25) is 15.1 Å². The highest BCUT2D eigenvalue weighted by atomic mass is 35.5. The smallest absolute Gasteiger partial charge is 0.259 e. The lowest BCUT2D eigenvalue weighted by molar-refractivity contribution is 0.102. The molecule has 0 radical (unpaired) electrons. The maximum atomic E-state index is 12.1. The van der Waals surface area contributed by atoms with Crippen LogP contribution in [0.1, 0.15) is 10.4 Å². The molecule has 0 aliphatic heterocycles. The number of rotatable bonds is 2. The van der Waals surface area contributed by atoms with Gasteiger partial charge in [0.1, 0.15) is 0 Å². The van der Waals surface area contributed by atoms with E-state index in [4.69, 9.17) is 40.5 Å². The van der Waals surface area contributed by atoms with Crippen molar-refractivity contribution >= 4 is 52.1 Å². The number of carbonyl (C=O) groups is 1. The van der Waals surface area contributed by atoms with Gasteiger partial charge < -0.3 is 16.2 Å². The highest BCUT2D eigenvalue weighted by Crippen LogP contribution is 2.34. The number of amides is 1. The Hall–Kier alpha value is -1.62. The summed E-state index contributed by atoms with van der Waals surface area (Å²) in [5.74, 6) is -0.882. The largest absolute Gasteiger partial charge is 0.505 e. The Morgan fingerprint density at radius 1 is 1.15 bits per heavy atom. The highest BCUT2D eigenvalue weighted by molar-refractivity contribution is 6.42. The number of nitrogens with two attached hydrogens (primary N) is 1. The first-order valence-electron chi connectivity index (χ1n) is 5.43. The second-order valence-corrected chi connectivity index (χ2v) is 5.19. The molecule has 0 aliphatic rings. The van der Waals surface area contributed by atoms with Gasteiger partial charge in [-0.3, -0.25) is 4.79 Å². The van der Waals surface area contributed by atoms with Gasteiger partial charge in [-0.1, -0.05) is 40.9 Å². The van der Waals surface area contributed by atoms with Crippen molar-refractivity contribution in [2.24, 2.45) is 0 Å². The van der Waals surface area contributed by atoms with Gasteiger partial charge in [-0.05, 0) is 24.3 Å². The van der Waals surface area contributed by atoms with Crippen LogP contribution in [-0.2, 0) is 0 Å². The third-order valence-electron chi connectivity index (χ3n) is 2.56. The molecule has 2 aromatic carbocycles. The summed E-state index contributed by atoms with van der Waals surface area (Å²) in [6, 6.07) is 7.36. The van der Waals surface area contributed by atoms with Gasteiger partial charge in [0.25, 0.3) is 5.91 Å². The number of phenols is 1. The topological polar surface area (TPSA) is 75.4 Å². The number of nitrogens with one attached hydrogen (secondary N) is 1. The van der Waals surface area contributed by atoms with Gasteiger partial charge in [0, 0.05) is 5.02 Å². The van der Waals surface area contributed by atoms with E-state index in [0.717, 1.165) is 0 Å². The number of aromatic hydroxyl groups is 1.